The zero-order valence-corrected chi connectivity index (χ0v) is 15.5. The summed E-state index contributed by atoms with van der Waals surface area (Å²) in [6, 6.07) is 12.1. The molecular weight excluding hydrogens is 391 g/mol. The average molecular weight is 405 g/mol. The van der Waals surface area contributed by atoms with E-state index in [0.29, 0.717) is 16.1 Å². The number of carbonyl (C=O) groups excluding carboxylic acids is 3. The second-order valence-corrected chi connectivity index (χ2v) is 7.02. The molecule has 0 saturated carbocycles. The lowest BCUT2D eigenvalue weighted by molar-refractivity contribution is -0.122. The minimum atomic E-state index is -0.435. The van der Waals surface area contributed by atoms with E-state index in [2.05, 4.69) is 5.32 Å². The molecule has 27 heavy (non-hydrogen) atoms. The van der Waals surface area contributed by atoms with Crippen molar-refractivity contribution in [3.63, 3.8) is 0 Å². The third-order valence-electron chi connectivity index (χ3n) is 3.79. The van der Waals surface area contributed by atoms with Gasteiger partial charge in [0.25, 0.3) is 17.1 Å². The Morgan fingerprint density at radius 3 is 2.56 bits per heavy atom. The number of hydrogen-bond donors (Lipinski definition) is 1. The van der Waals surface area contributed by atoms with E-state index in [4.69, 9.17) is 11.6 Å². The number of amides is 3. The molecule has 1 aliphatic heterocycles. The molecule has 0 aliphatic carbocycles. The molecule has 1 aliphatic rings. The van der Waals surface area contributed by atoms with Crippen LogP contribution in [0.1, 0.15) is 15.9 Å². The Bertz CT molecular complexity index is 931. The lowest BCUT2D eigenvalue weighted by Crippen LogP contribution is -2.37. The van der Waals surface area contributed by atoms with Crippen LogP contribution in [0.25, 0.3) is 6.08 Å². The van der Waals surface area contributed by atoms with Crippen LogP contribution in [0.4, 0.5) is 9.18 Å². The van der Waals surface area contributed by atoms with E-state index in [-0.39, 0.29) is 18.0 Å². The molecule has 8 heteroatoms. The van der Waals surface area contributed by atoms with Crippen molar-refractivity contribution in [2.24, 2.45) is 0 Å². The van der Waals surface area contributed by atoms with Gasteiger partial charge in [0, 0.05) is 23.7 Å². The van der Waals surface area contributed by atoms with Gasteiger partial charge in [-0.1, -0.05) is 29.8 Å². The molecule has 0 bridgehead atoms. The van der Waals surface area contributed by atoms with Crippen molar-refractivity contribution in [2.45, 2.75) is 0 Å². The Morgan fingerprint density at radius 1 is 1.15 bits per heavy atom. The molecule has 0 aromatic heterocycles. The highest BCUT2D eigenvalue weighted by molar-refractivity contribution is 8.18. The smallest absolute Gasteiger partial charge is 0.293 e. The highest BCUT2D eigenvalue weighted by Gasteiger charge is 2.34. The first-order valence-electron chi connectivity index (χ1n) is 7.99. The zero-order chi connectivity index (χ0) is 19.4. The fourth-order valence-electron chi connectivity index (χ4n) is 2.41. The minimum Gasteiger partial charge on any atom is -0.350 e. The molecule has 3 amide bonds. The first-order chi connectivity index (χ1) is 13.0. The molecular formula is C19H14ClFN2O3S. The molecule has 0 radical (unpaired) electrons. The highest BCUT2D eigenvalue weighted by Crippen LogP contribution is 2.33. The van der Waals surface area contributed by atoms with Crippen LogP contribution in [0.5, 0.6) is 0 Å². The van der Waals surface area contributed by atoms with Gasteiger partial charge in [-0.15, -0.1) is 0 Å². The number of nitrogens with zero attached hydrogens (tertiary/aromatic N) is 1. The van der Waals surface area contributed by atoms with E-state index >= 15 is 0 Å². The van der Waals surface area contributed by atoms with Gasteiger partial charge in [-0.25, -0.2) is 4.39 Å². The molecule has 1 fully saturated rings. The molecule has 5 nitrogen and oxygen atoms in total. The molecule has 2 aromatic carbocycles. The van der Waals surface area contributed by atoms with Gasteiger partial charge in [-0.3, -0.25) is 19.3 Å². The Kier molecular flexibility index (Phi) is 5.93. The van der Waals surface area contributed by atoms with Gasteiger partial charge in [0.1, 0.15) is 5.82 Å². The number of hydrogen-bond acceptors (Lipinski definition) is 4. The van der Waals surface area contributed by atoms with Gasteiger partial charge < -0.3 is 5.32 Å². The average Bonchev–Trinajstić information content (AvgIpc) is 2.91. The number of carbonyl (C=O) groups is 3. The summed E-state index contributed by atoms with van der Waals surface area (Å²) >= 11 is 6.90. The lowest BCUT2D eigenvalue weighted by Gasteiger charge is -2.13. The fourth-order valence-corrected chi connectivity index (χ4v) is 3.46. The van der Waals surface area contributed by atoms with Crippen molar-refractivity contribution in [2.75, 3.05) is 13.1 Å². The third-order valence-corrected chi connectivity index (χ3v) is 5.04. The molecule has 0 spiro atoms. The summed E-state index contributed by atoms with van der Waals surface area (Å²) in [4.78, 5) is 37.9. The van der Waals surface area contributed by atoms with Gasteiger partial charge in [-0.05, 0) is 53.7 Å². The van der Waals surface area contributed by atoms with Crippen molar-refractivity contribution >= 4 is 46.5 Å². The highest BCUT2D eigenvalue weighted by atomic mass is 35.5. The molecule has 0 atom stereocenters. The summed E-state index contributed by atoms with van der Waals surface area (Å²) in [6.45, 7) is 0.130. The number of halogens is 2. The Hall–Kier alpha value is -2.64. The maximum Gasteiger partial charge on any atom is 0.293 e. The fraction of sp³-hybridized carbons (Fsp3) is 0.105. The molecule has 1 N–H and O–H groups in total. The van der Waals surface area contributed by atoms with E-state index in [9.17, 15) is 18.8 Å². The first kappa shape index (κ1) is 19.1. The lowest BCUT2D eigenvalue weighted by atomic mass is 10.2. The van der Waals surface area contributed by atoms with Crippen LogP contribution in [-0.2, 0) is 4.79 Å². The molecule has 0 unspecified atom stereocenters. The van der Waals surface area contributed by atoms with Gasteiger partial charge in [0.2, 0.25) is 0 Å². The SMILES string of the molecule is O=C(NCCN1C(=O)S/C(=C\c2ccccc2Cl)C1=O)c1ccc(F)cc1. The largest absolute Gasteiger partial charge is 0.350 e. The number of imide groups is 1. The van der Waals surface area contributed by atoms with Crippen LogP contribution in [0.15, 0.2) is 53.4 Å². The standard InChI is InChI=1S/C19H14ClFN2O3S/c20-15-4-2-1-3-13(15)11-16-18(25)23(19(26)27-16)10-9-22-17(24)12-5-7-14(21)8-6-12/h1-8,11H,9-10H2,(H,22,24)/b16-11-. The second kappa shape index (κ2) is 8.37. The molecule has 138 valence electrons. The van der Waals surface area contributed by atoms with Gasteiger partial charge >= 0.3 is 0 Å². The molecule has 2 aromatic rings. The van der Waals surface area contributed by atoms with Crippen LogP contribution < -0.4 is 5.32 Å². The number of nitrogens with one attached hydrogen (secondary N) is 1. The van der Waals surface area contributed by atoms with Crippen molar-refractivity contribution in [1.29, 1.82) is 0 Å². The maximum absolute atomic E-state index is 12.9. The van der Waals surface area contributed by atoms with Gasteiger partial charge in [-0.2, -0.15) is 0 Å². The van der Waals surface area contributed by atoms with Crippen LogP contribution in [0.2, 0.25) is 5.02 Å². The first-order valence-corrected chi connectivity index (χ1v) is 9.19. The van der Waals surface area contributed by atoms with E-state index in [1.54, 1.807) is 30.3 Å². The summed E-state index contributed by atoms with van der Waals surface area (Å²) in [5.41, 5.74) is 0.943. The van der Waals surface area contributed by atoms with Crippen molar-refractivity contribution in [3.05, 3.63) is 75.4 Å². The quantitative estimate of drug-likeness (QED) is 0.766. The maximum atomic E-state index is 12.9. The summed E-state index contributed by atoms with van der Waals surface area (Å²) in [5.74, 6) is -1.27. The van der Waals surface area contributed by atoms with Gasteiger partial charge in [0.15, 0.2) is 0 Å². The third kappa shape index (κ3) is 4.56. The van der Waals surface area contributed by atoms with Crippen molar-refractivity contribution in [1.82, 2.24) is 10.2 Å². The molecule has 3 rings (SSSR count). The summed E-state index contributed by atoms with van der Waals surface area (Å²) in [6.07, 6.45) is 1.57. The Morgan fingerprint density at radius 2 is 1.85 bits per heavy atom. The predicted molar refractivity (Wildman–Crippen MR) is 103 cm³/mol. The van der Waals surface area contributed by atoms with E-state index in [1.807, 2.05) is 0 Å². The second-order valence-electron chi connectivity index (χ2n) is 5.62. The van der Waals surface area contributed by atoms with Crippen LogP contribution in [0.3, 0.4) is 0 Å². The van der Waals surface area contributed by atoms with Gasteiger partial charge in [0.05, 0.1) is 4.91 Å². The Balaban J connectivity index is 1.60. The van der Waals surface area contributed by atoms with E-state index in [1.165, 1.54) is 24.3 Å². The van der Waals surface area contributed by atoms with Crippen LogP contribution in [0, 0.1) is 5.82 Å². The van der Waals surface area contributed by atoms with E-state index < -0.39 is 22.9 Å². The minimum absolute atomic E-state index is 0.0391. The van der Waals surface area contributed by atoms with E-state index in [0.717, 1.165) is 16.7 Å². The molecule has 1 saturated heterocycles. The topological polar surface area (TPSA) is 66.5 Å². The predicted octanol–water partition coefficient (Wildman–Crippen LogP) is 3.95. The van der Waals surface area contributed by atoms with Crippen molar-refractivity contribution < 1.29 is 18.8 Å². The number of benzene rings is 2. The van der Waals surface area contributed by atoms with Crippen LogP contribution in [-0.4, -0.2) is 35.0 Å². The summed E-state index contributed by atoms with van der Waals surface area (Å²) in [5, 5.41) is 2.68. The summed E-state index contributed by atoms with van der Waals surface area (Å²) in [7, 11) is 0. The Labute approximate surface area is 164 Å². The van der Waals surface area contributed by atoms with Crippen LogP contribution >= 0.6 is 23.4 Å². The number of thioether (sulfide) groups is 1. The zero-order valence-electron chi connectivity index (χ0n) is 13.9. The normalized spacial score (nSPS) is 15.5. The molecule has 1 heterocycles. The van der Waals surface area contributed by atoms with Crippen molar-refractivity contribution in [3.8, 4) is 0 Å². The monoisotopic (exact) mass is 404 g/mol. The summed E-state index contributed by atoms with van der Waals surface area (Å²) < 4.78 is 12.9. The number of rotatable bonds is 5.